The summed E-state index contributed by atoms with van der Waals surface area (Å²) in [6, 6.07) is 0. The van der Waals surface area contributed by atoms with Crippen LogP contribution in [0.15, 0.2) is 0 Å². The first-order valence-corrected chi connectivity index (χ1v) is 4.57. The first-order valence-electron chi connectivity index (χ1n) is 4.57. The summed E-state index contributed by atoms with van der Waals surface area (Å²) >= 11 is 0. The molecule has 12 heavy (non-hydrogen) atoms. The molecule has 2 nitrogen and oxygen atoms in total. The quantitative estimate of drug-likeness (QED) is 0.713. The van der Waals surface area contributed by atoms with Crippen LogP contribution in [0.3, 0.4) is 0 Å². The predicted octanol–water partition coefficient (Wildman–Crippen LogP) is 2.38. The van der Waals surface area contributed by atoms with E-state index in [0.717, 1.165) is 25.7 Å². The number of carboxylic acid groups (broad SMARTS) is 1. The summed E-state index contributed by atoms with van der Waals surface area (Å²) in [5, 5.41) is 8.34. The Morgan fingerprint density at radius 1 is 1.42 bits per heavy atom. The average Bonchev–Trinajstić information content (AvgIpc) is 2.06. The van der Waals surface area contributed by atoms with Crippen molar-refractivity contribution in [1.82, 2.24) is 0 Å². The maximum atomic E-state index is 12.7. The fourth-order valence-corrected chi connectivity index (χ4v) is 1.82. The van der Waals surface area contributed by atoms with Crippen molar-refractivity contribution < 1.29 is 14.3 Å². The lowest BCUT2D eigenvalue weighted by molar-refractivity contribution is -0.143. The fourth-order valence-electron chi connectivity index (χ4n) is 1.82. The van der Waals surface area contributed by atoms with Gasteiger partial charge in [0.05, 0.1) is 0 Å². The van der Waals surface area contributed by atoms with E-state index in [1.165, 1.54) is 6.42 Å². The van der Waals surface area contributed by atoms with Crippen LogP contribution in [0, 0.1) is 5.92 Å². The molecule has 0 aromatic rings. The Hall–Kier alpha value is -0.600. The van der Waals surface area contributed by atoms with Crippen LogP contribution >= 0.6 is 0 Å². The lowest BCUT2D eigenvalue weighted by Crippen LogP contribution is -2.20. The zero-order valence-electron chi connectivity index (χ0n) is 7.13. The number of hydrogen-bond acceptors (Lipinski definition) is 1. The van der Waals surface area contributed by atoms with Crippen molar-refractivity contribution in [3.63, 3.8) is 0 Å². The Kier molecular flexibility index (Phi) is 3.50. The summed E-state index contributed by atoms with van der Waals surface area (Å²) in [7, 11) is 0. The molecule has 0 aliphatic heterocycles. The van der Waals surface area contributed by atoms with Crippen molar-refractivity contribution in [1.29, 1.82) is 0 Å². The molecule has 1 unspecified atom stereocenters. The molecule has 1 N–H and O–H groups in total. The van der Waals surface area contributed by atoms with Gasteiger partial charge >= 0.3 is 5.97 Å². The maximum absolute atomic E-state index is 12.7. The third-order valence-electron chi connectivity index (χ3n) is 2.53. The minimum Gasteiger partial charge on any atom is -0.479 e. The molecule has 0 bridgehead atoms. The molecular formula is C9H15FO2. The summed E-state index contributed by atoms with van der Waals surface area (Å²) in [5.74, 6) is -0.995. The normalized spacial score (nSPS) is 22.1. The first kappa shape index (κ1) is 9.49. The third-order valence-corrected chi connectivity index (χ3v) is 2.53. The van der Waals surface area contributed by atoms with Gasteiger partial charge in [0.1, 0.15) is 0 Å². The second kappa shape index (κ2) is 4.43. The molecule has 1 aliphatic carbocycles. The summed E-state index contributed by atoms with van der Waals surface area (Å²) in [6.07, 6.45) is 4.08. The van der Waals surface area contributed by atoms with E-state index in [2.05, 4.69) is 0 Å². The van der Waals surface area contributed by atoms with E-state index in [9.17, 15) is 9.18 Å². The van der Waals surface area contributed by atoms with Gasteiger partial charge < -0.3 is 5.11 Å². The third kappa shape index (κ3) is 2.80. The van der Waals surface area contributed by atoms with E-state index < -0.39 is 12.1 Å². The monoisotopic (exact) mass is 174 g/mol. The highest BCUT2D eigenvalue weighted by molar-refractivity contribution is 5.71. The Morgan fingerprint density at radius 2 is 2.00 bits per heavy atom. The highest BCUT2D eigenvalue weighted by Crippen LogP contribution is 2.27. The highest BCUT2D eigenvalue weighted by atomic mass is 19.1. The minimum atomic E-state index is -1.65. The van der Waals surface area contributed by atoms with Crippen LogP contribution < -0.4 is 0 Å². The van der Waals surface area contributed by atoms with Crippen LogP contribution in [-0.4, -0.2) is 17.2 Å². The van der Waals surface area contributed by atoms with Gasteiger partial charge in [-0.3, -0.25) is 0 Å². The standard InChI is InChI=1S/C9H15FO2/c10-8(9(11)12)6-7-4-2-1-3-5-7/h7-8H,1-6H2,(H,11,12). The molecule has 70 valence electrons. The molecule has 1 atom stereocenters. The van der Waals surface area contributed by atoms with Crippen molar-refractivity contribution >= 4 is 5.97 Å². The van der Waals surface area contributed by atoms with E-state index >= 15 is 0 Å². The van der Waals surface area contributed by atoms with E-state index in [1.54, 1.807) is 0 Å². The van der Waals surface area contributed by atoms with E-state index in [0.29, 0.717) is 5.92 Å². The molecule has 1 aliphatic rings. The number of carbonyl (C=O) groups is 1. The van der Waals surface area contributed by atoms with Crippen LogP contribution in [0.25, 0.3) is 0 Å². The van der Waals surface area contributed by atoms with Crippen LogP contribution in [0.4, 0.5) is 4.39 Å². The van der Waals surface area contributed by atoms with Gasteiger partial charge in [0, 0.05) is 0 Å². The van der Waals surface area contributed by atoms with Gasteiger partial charge in [-0.05, 0) is 12.3 Å². The number of halogens is 1. The Morgan fingerprint density at radius 3 is 2.50 bits per heavy atom. The minimum absolute atomic E-state index is 0.218. The zero-order valence-corrected chi connectivity index (χ0v) is 7.13. The highest BCUT2D eigenvalue weighted by Gasteiger charge is 2.22. The van der Waals surface area contributed by atoms with Crippen molar-refractivity contribution in [2.24, 2.45) is 5.92 Å². The summed E-state index contributed by atoms with van der Waals surface area (Å²) in [4.78, 5) is 10.2. The summed E-state index contributed by atoms with van der Waals surface area (Å²) < 4.78 is 12.7. The molecule has 0 aromatic carbocycles. The van der Waals surface area contributed by atoms with Gasteiger partial charge in [-0.2, -0.15) is 0 Å². The predicted molar refractivity (Wildman–Crippen MR) is 43.7 cm³/mol. The van der Waals surface area contributed by atoms with Crippen LogP contribution in [0.2, 0.25) is 0 Å². The smallest absolute Gasteiger partial charge is 0.338 e. The molecule has 0 radical (unpaired) electrons. The van der Waals surface area contributed by atoms with E-state index in [4.69, 9.17) is 5.11 Å². The molecule has 0 amide bonds. The number of carboxylic acids is 1. The molecule has 0 spiro atoms. The van der Waals surface area contributed by atoms with Gasteiger partial charge in [0.15, 0.2) is 6.17 Å². The average molecular weight is 174 g/mol. The molecule has 3 heteroatoms. The molecule has 1 fully saturated rings. The molecule has 1 rings (SSSR count). The number of aliphatic carboxylic acids is 1. The van der Waals surface area contributed by atoms with Crippen LogP contribution in [0.1, 0.15) is 38.5 Å². The summed E-state index contributed by atoms with van der Waals surface area (Å²) in [6.45, 7) is 0. The topological polar surface area (TPSA) is 37.3 Å². The van der Waals surface area contributed by atoms with Crippen molar-refractivity contribution in [2.75, 3.05) is 0 Å². The number of hydrogen-bond donors (Lipinski definition) is 1. The SMILES string of the molecule is O=C(O)C(F)CC1CCCCC1. The molecule has 0 aromatic heterocycles. The van der Waals surface area contributed by atoms with Gasteiger partial charge in [-0.25, -0.2) is 9.18 Å². The molecule has 1 saturated carbocycles. The van der Waals surface area contributed by atoms with Crippen molar-refractivity contribution in [3.05, 3.63) is 0 Å². The number of rotatable bonds is 3. The summed E-state index contributed by atoms with van der Waals surface area (Å²) in [5.41, 5.74) is 0. The van der Waals surface area contributed by atoms with Crippen LogP contribution in [0.5, 0.6) is 0 Å². The molecular weight excluding hydrogens is 159 g/mol. The second-order valence-electron chi connectivity index (χ2n) is 3.55. The zero-order chi connectivity index (χ0) is 8.97. The van der Waals surface area contributed by atoms with Gasteiger partial charge in [-0.15, -0.1) is 0 Å². The lowest BCUT2D eigenvalue weighted by atomic mass is 9.86. The Bertz CT molecular complexity index is 153. The molecule has 0 saturated heterocycles. The fraction of sp³-hybridized carbons (Fsp3) is 0.889. The van der Waals surface area contributed by atoms with Crippen molar-refractivity contribution in [3.8, 4) is 0 Å². The first-order chi connectivity index (χ1) is 5.70. The Labute approximate surface area is 71.8 Å². The largest absolute Gasteiger partial charge is 0.479 e. The maximum Gasteiger partial charge on any atom is 0.338 e. The van der Waals surface area contributed by atoms with E-state index in [-0.39, 0.29) is 6.42 Å². The van der Waals surface area contributed by atoms with E-state index in [1.807, 2.05) is 0 Å². The van der Waals surface area contributed by atoms with Gasteiger partial charge in [0.2, 0.25) is 0 Å². The second-order valence-corrected chi connectivity index (χ2v) is 3.55. The Balaban J connectivity index is 2.24. The lowest BCUT2D eigenvalue weighted by Gasteiger charge is -2.21. The van der Waals surface area contributed by atoms with Crippen LogP contribution in [-0.2, 0) is 4.79 Å². The van der Waals surface area contributed by atoms with Gasteiger partial charge in [0.25, 0.3) is 0 Å². The van der Waals surface area contributed by atoms with Crippen molar-refractivity contribution in [2.45, 2.75) is 44.7 Å². The number of alkyl halides is 1. The van der Waals surface area contributed by atoms with Gasteiger partial charge in [-0.1, -0.05) is 32.1 Å². The molecule has 0 heterocycles.